The van der Waals surface area contributed by atoms with Crippen molar-refractivity contribution in [1.82, 2.24) is 4.90 Å². The van der Waals surface area contributed by atoms with E-state index in [1.165, 1.54) is 0 Å². The fourth-order valence-corrected chi connectivity index (χ4v) is 3.11. The van der Waals surface area contributed by atoms with Crippen LogP contribution in [0, 0.1) is 0 Å². The highest BCUT2D eigenvalue weighted by Gasteiger charge is 2.18. The van der Waals surface area contributed by atoms with Crippen molar-refractivity contribution in [3.63, 3.8) is 0 Å². The lowest BCUT2D eigenvalue weighted by molar-refractivity contribution is -0.138. The second-order valence-corrected chi connectivity index (χ2v) is 5.90. The molecular weight excluding hydrogens is 338 g/mol. The lowest BCUT2D eigenvalue weighted by atomic mass is 10.2. The SMILES string of the molecule is NC(=O)c1ccc(N2CCCN(CC(=O)O)CC2)c(Br)c1. The number of rotatable bonds is 4. The van der Waals surface area contributed by atoms with Gasteiger partial charge >= 0.3 is 5.97 Å². The van der Waals surface area contributed by atoms with Gasteiger partial charge in [-0.05, 0) is 40.5 Å². The van der Waals surface area contributed by atoms with E-state index in [-0.39, 0.29) is 6.54 Å². The van der Waals surface area contributed by atoms with Crippen molar-refractivity contribution in [1.29, 1.82) is 0 Å². The molecular formula is C14H18BrN3O3. The maximum atomic E-state index is 11.2. The van der Waals surface area contributed by atoms with Gasteiger partial charge in [0.15, 0.2) is 0 Å². The van der Waals surface area contributed by atoms with Gasteiger partial charge in [-0.2, -0.15) is 0 Å². The van der Waals surface area contributed by atoms with Crippen LogP contribution < -0.4 is 10.6 Å². The summed E-state index contributed by atoms with van der Waals surface area (Å²) in [6.07, 6.45) is 0.900. The first kappa shape index (κ1) is 15.8. The van der Waals surface area contributed by atoms with Crippen LogP contribution in [0.15, 0.2) is 22.7 Å². The molecule has 1 amide bonds. The van der Waals surface area contributed by atoms with Gasteiger partial charge < -0.3 is 15.7 Å². The molecule has 3 N–H and O–H groups in total. The highest BCUT2D eigenvalue weighted by atomic mass is 79.9. The van der Waals surface area contributed by atoms with Crippen LogP contribution in [0.5, 0.6) is 0 Å². The molecule has 0 aliphatic carbocycles. The number of amides is 1. The molecule has 1 saturated heterocycles. The number of halogens is 1. The molecule has 0 unspecified atom stereocenters. The van der Waals surface area contributed by atoms with Gasteiger partial charge in [-0.3, -0.25) is 14.5 Å². The zero-order valence-corrected chi connectivity index (χ0v) is 13.2. The van der Waals surface area contributed by atoms with Crippen molar-refractivity contribution < 1.29 is 14.7 Å². The van der Waals surface area contributed by atoms with Crippen LogP contribution in [-0.4, -0.2) is 54.6 Å². The van der Waals surface area contributed by atoms with Gasteiger partial charge in [-0.1, -0.05) is 0 Å². The zero-order valence-electron chi connectivity index (χ0n) is 11.6. The molecule has 1 heterocycles. The average molecular weight is 356 g/mol. The number of anilines is 1. The number of carboxylic acids is 1. The maximum absolute atomic E-state index is 11.2. The Labute approximate surface area is 131 Å². The minimum Gasteiger partial charge on any atom is -0.480 e. The van der Waals surface area contributed by atoms with E-state index in [0.717, 1.165) is 36.2 Å². The highest BCUT2D eigenvalue weighted by molar-refractivity contribution is 9.10. The highest BCUT2D eigenvalue weighted by Crippen LogP contribution is 2.28. The molecule has 7 heteroatoms. The molecule has 1 aromatic rings. The summed E-state index contributed by atoms with van der Waals surface area (Å²) in [5.74, 6) is -1.25. The second-order valence-electron chi connectivity index (χ2n) is 5.04. The third-order valence-electron chi connectivity index (χ3n) is 3.52. The molecule has 1 fully saturated rings. The smallest absolute Gasteiger partial charge is 0.317 e. The number of benzene rings is 1. The predicted molar refractivity (Wildman–Crippen MR) is 83.6 cm³/mol. The van der Waals surface area contributed by atoms with Crippen molar-refractivity contribution in [2.75, 3.05) is 37.6 Å². The molecule has 0 spiro atoms. The largest absolute Gasteiger partial charge is 0.480 e. The van der Waals surface area contributed by atoms with E-state index < -0.39 is 11.9 Å². The Morgan fingerprint density at radius 1 is 1.24 bits per heavy atom. The van der Waals surface area contributed by atoms with E-state index in [1.807, 2.05) is 11.0 Å². The number of hydrogen-bond donors (Lipinski definition) is 2. The Balaban J connectivity index is 2.08. The number of primary amides is 1. The minimum absolute atomic E-state index is 0.0790. The molecule has 0 radical (unpaired) electrons. The first-order chi connectivity index (χ1) is 9.97. The van der Waals surface area contributed by atoms with Crippen molar-refractivity contribution in [2.45, 2.75) is 6.42 Å². The third-order valence-corrected chi connectivity index (χ3v) is 4.16. The third kappa shape index (κ3) is 4.18. The summed E-state index contributed by atoms with van der Waals surface area (Å²) in [5.41, 5.74) is 6.73. The van der Waals surface area contributed by atoms with Gasteiger partial charge in [-0.15, -0.1) is 0 Å². The molecule has 0 bridgehead atoms. The van der Waals surface area contributed by atoms with Crippen LogP contribution in [0.3, 0.4) is 0 Å². The second kappa shape index (κ2) is 6.91. The number of carboxylic acid groups (broad SMARTS) is 1. The predicted octanol–water partition coefficient (Wildman–Crippen LogP) is 1.14. The van der Waals surface area contributed by atoms with E-state index >= 15 is 0 Å². The number of nitrogens with zero attached hydrogens (tertiary/aromatic N) is 2. The molecule has 114 valence electrons. The molecule has 0 saturated carbocycles. The van der Waals surface area contributed by atoms with Crippen molar-refractivity contribution >= 4 is 33.5 Å². The molecule has 0 aromatic heterocycles. The molecule has 1 aromatic carbocycles. The monoisotopic (exact) mass is 355 g/mol. The Morgan fingerprint density at radius 3 is 2.62 bits per heavy atom. The molecule has 0 atom stereocenters. The molecule has 1 aliphatic rings. The fraction of sp³-hybridized carbons (Fsp3) is 0.429. The summed E-state index contributed by atoms with van der Waals surface area (Å²) in [7, 11) is 0. The molecule has 6 nitrogen and oxygen atoms in total. The van der Waals surface area contributed by atoms with Crippen LogP contribution in [0.4, 0.5) is 5.69 Å². The minimum atomic E-state index is -0.796. The van der Waals surface area contributed by atoms with Gasteiger partial charge in [0, 0.05) is 36.2 Å². The fourth-order valence-electron chi connectivity index (χ4n) is 2.48. The van der Waals surface area contributed by atoms with E-state index in [0.29, 0.717) is 12.1 Å². The standard InChI is InChI=1S/C14H18BrN3O3/c15-11-8-10(14(16)21)2-3-12(11)18-5-1-4-17(6-7-18)9-13(19)20/h2-3,8H,1,4-7,9H2,(H2,16,21)(H,19,20). The number of nitrogens with two attached hydrogens (primary N) is 1. The first-order valence-corrected chi connectivity index (χ1v) is 7.55. The van der Waals surface area contributed by atoms with E-state index in [2.05, 4.69) is 20.8 Å². The van der Waals surface area contributed by atoms with Crippen LogP contribution in [-0.2, 0) is 4.79 Å². The lowest BCUT2D eigenvalue weighted by Crippen LogP contribution is -2.34. The van der Waals surface area contributed by atoms with Crippen molar-refractivity contribution in [3.05, 3.63) is 28.2 Å². The van der Waals surface area contributed by atoms with Crippen molar-refractivity contribution in [3.8, 4) is 0 Å². The number of hydrogen-bond acceptors (Lipinski definition) is 4. The Bertz CT molecular complexity index is 550. The van der Waals surface area contributed by atoms with E-state index in [9.17, 15) is 9.59 Å². The van der Waals surface area contributed by atoms with E-state index in [1.54, 1.807) is 12.1 Å². The first-order valence-electron chi connectivity index (χ1n) is 6.76. The van der Waals surface area contributed by atoms with Gasteiger partial charge in [0.1, 0.15) is 0 Å². The van der Waals surface area contributed by atoms with E-state index in [4.69, 9.17) is 10.8 Å². The Kier molecular flexibility index (Phi) is 5.19. The average Bonchev–Trinajstić information content (AvgIpc) is 2.63. The van der Waals surface area contributed by atoms with Crippen LogP contribution in [0.1, 0.15) is 16.8 Å². The molecule has 1 aliphatic heterocycles. The van der Waals surface area contributed by atoms with Gasteiger partial charge in [0.05, 0.1) is 12.2 Å². The number of aliphatic carboxylic acids is 1. The van der Waals surface area contributed by atoms with Gasteiger partial charge in [0.25, 0.3) is 0 Å². The number of carbonyl (C=O) groups excluding carboxylic acids is 1. The van der Waals surface area contributed by atoms with Gasteiger partial charge in [0.2, 0.25) is 5.91 Å². The quantitative estimate of drug-likeness (QED) is 0.845. The summed E-state index contributed by atoms with van der Waals surface area (Å²) in [5, 5.41) is 8.86. The normalized spacial score (nSPS) is 16.5. The Hall–Kier alpha value is -1.60. The summed E-state index contributed by atoms with van der Waals surface area (Å²) in [4.78, 5) is 26.1. The summed E-state index contributed by atoms with van der Waals surface area (Å²) >= 11 is 3.47. The zero-order chi connectivity index (χ0) is 15.4. The number of carbonyl (C=O) groups is 2. The topological polar surface area (TPSA) is 86.9 Å². The Morgan fingerprint density at radius 2 is 2.00 bits per heavy atom. The van der Waals surface area contributed by atoms with Crippen LogP contribution in [0.25, 0.3) is 0 Å². The summed E-state index contributed by atoms with van der Waals surface area (Å²) in [6, 6.07) is 5.30. The maximum Gasteiger partial charge on any atom is 0.317 e. The lowest BCUT2D eigenvalue weighted by Gasteiger charge is -2.24. The van der Waals surface area contributed by atoms with Crippen LogP contribution >= 0.6 is 15.9 Å². The van der Waals surface area contributed by atoms with Crippen LogP contribution in [0.2, 0.25) is 0 Å². The summed E-state index contributed by atoms with van der Waals surface area (Å²) < 4.78 is 0.825. The summed E-state index contributed by atoms with van der Waals surface area (Å²) in [6.45, 7) is 3.16. The van der Waals surface area contributed by atoms with Crippen molar-refractivity contribution in [2.24, 2.45) is 5.73 Å². The molecule has 21 heavy (non-hydrogen) atoms. The van der Waals surface area contributed by atoms with Gasteiger partial charge in [-0.25, -0.2) is 0 Å². The molecule has 2 rings (SSSR count).